The fourth-order valence-electron chi connectivity index (χ4n) is 3.08. The molecule has 0 saturated heterocycles. The van der Waals surface area contributed by atoms with Crippen LogP contribution in [0.5, 0.6) is 0 Å². The number of rotatable bonds is 8. The highest BCUT2D eigenvalue weighted by atomic mass is 16.2. The maximum absolute atomic E-state index is 12.6. The van der Waals surface area contributed by atoms with Gasteiger partial charge in [-0.2, -0.15) is 0 Å². The summed E-state index contributed by atoms with van der Waals surface area (Å²) in [4.78, 5) is 25.4. The Balaban J connectivity index is 2.59. The van der Waals surface area contributed by atoms with Crippen LogP contribution in [0.4, 0.5) is 0 Å². The molecule has 0 bridgehead atoms. The van der Waals surface area contributed by atoms with Crippen LogP contribution in [0, 0.1) is 11.8 Å². The third-order valence-corrected chi connectivity index (χ3v) is 4.15. The van der Waals surface area contributed by atoms with Gasteiger partial charge in [0.15, 0.2) is 0 Å². The molecule has 0 radical (unpaired) electrons. The van der Waals surface area contributed by atoms with Crippen molar-refractivity contribution in [2.45, 2.75) is 51.9 Å². The van der Waals surface area contributed by atoms with Crippen molar-refractivity contribution >= 4 is 11.8 Å². The van der Waals surface area contributed by atoms with Crippen molar-refractivity contribution in [1.29, 1.82) is 0 Å². The Hall–Kier alpha value is -1.10. The highest BCUT2D eigenvalue weighted by molar-refractivity contribution is 5.85. The molecule has 1 fully saturated rings. The van der Waals surface area contributed by atoms with Gasteiger partial charge in [0, 0.05) is 12.5 Å². The highest BCUT2D eigenvalue weighted by Gasteiger charge is 2.30. The molecule has 0 aromatic heterocycles. The highest BCUT2D eigenvalue weighted by Crippen LogP contribution is 2.32. The predicted octanol–water partition coefficient (Wildman–Crippen LogP) is 1.26. The first kappa shape index (κ1) is 17.0. The Bertz CT molecular complexity index is 318. The lowest BCUT2D eigenvalue weighted by atomic mass is 9.79. The van der Waals surface area contributed by atoms with E-state index in [0.717, 1.165) is 38.5 Å². The molecule has 1 aliphatic rings. The van der Waals surface area contributed by atoms with Crippen LogP contribution in [-0.2, 0) is 9.59 Å². The number of carbonyl (C=O) groups excluding carboxylic acids is 2. The van der Waals surface area contributed by atoms with Gasteiger partial charge in [0.1, 0.15) is 0 Å². The maximum atomic E-state index is 12.6. The molecule has 5 heteroatoms. The molecule has 0 heterocycles. The zero-order valence-corrected chi connectivity index (χ0v) is 12.6. The topological polar surface area (TPSA) is 89.4 Å². The van der Waals surface area contributed by atoms with Gasteiger partial charge in [0.05, 0.1) is 6.54 Å². The lowest BCUT2D eigenvalue weighted by molar-refractivity contribution is -0.140. The summed E-state index contributed by atoms with van der Waals surface area (Å²) >= 11 is 0. The summed E-state index contributed by atoms with van der Waals surface area (Å²) in [6, 6.07) is 0. The molecule has 116 valence electrons. The molecule has 4 N–H and O–H groups in total. The van der Waals surface area contributed by atoms with Crippen LogP contribution in [0.2, 0.25) is 0 Å². The summed E-state index contributed by atoms with van der Waals surface area (Å²) in [5.74, 6) is 0.295. The monoisotopic (exact) mass is 283 g/mol. The first-order valence-electron chi connectivity index (χ1n) is 7.85. The number of primary amides is 1. The number of nitrogens with zero attached hydrogens (tertiary/aromatic N) is 1. The summed E-state index contributed by atoms with van der Waals surface area (Å²) < 4.78 is 0. The van der Waals surface area contributed by atoms with E-state index < -0.39 is 5.91 Å². The minimum Gasteiger partial charge on any atom is -0.368 e. The van der Waals surface area contributed by atoms with E-state index in [1.807, 2.05) is 0 Å². The third kappa shape index (κ3) is 5.49. The summed E-state index contributed by atoms with van der Waals surface area (Å²) in [6.45, 7) is 3.45. The molecule has 20 heavy (non-hydrogen) atoms. The Morgan fingerprint density at radius 2 is 2.05 bits per heavy atom. The second-order valence-electron chi connectivity index (χ2n) is 5.89. The minimum atomic E-state index is -0.427. The number of amides is 2. The van der Waals surface area contributed by atoms with Crippen LogP contribution in [0.3, 0.4) is 0 Å². The van der Waals surface area contributed by atoms with Gasteiger partial charge in [-0.3, -0.25) is 9.59 Å². The van der Waals surface area contributed by atoms with Gasteiger partial charge in [-0.1, -0.05) is 26.2 Å². The van der Waals surface area contributed by atoms with E-state index in [1.165, 1.54) is 6.42 Å². The second kappa shape index (κ2) is 8.95. The van der Waals surface area contributed by atoms with Gasteiger partial charge < -0.3 is 16.4 Å². The lowest BCUT2D eigenvalue weighted by Crippen LogP contribution is -2.43. The maximum Gasteiger partial charge on any atom is 0.237 e. The SMILES string of the molecule is CCCCN(CC(N)=O)C(=O)C1CCCC(CCN)C1. The Morgan fingerprint density at radius 3 is 2.65 bits per heavy atom. The van der Waals surface area contributed by atoms with Crippen LogP contribution in [0.1, 0.15) is 51.9 Å². The average Bonchev–Trinajstić information content (AvgIpc) is 2.43. The van der Waals surface area contributed by atoms with Crippen LogP contribution >= 0.6 is 0 Å². The molecular formula is C15H29N3O2. The molecule has 0 aromatic rings. The predicted molar refractivity (Wildman–Crippen MR) is 79.8 cm³/mol. The van der Waals surface area contributed by atoms with Crippen LogP contribution < -0.4 is 11.5 Å². The molecule has 0 spiro atoms. The molecule has 0 aliphatic heterocycles. The van der Waals surface area contributed by atoms with Crippen LogP contribution in [0.15, 0.2) is 0 Å². The van der Waals surface area contributed by atoms with E-state index >= 15 is 0 Å². The smallest absolute Gasteiger partial charge is 0.237 e. The van der Waals surface area contributed by atoms with Crippen molar-refractivity contribution < 1.29 is 9.59 Å². The quantitative estimate of drug-likeness (QED) is 0.702. The van der Waals surface area contributed by atoms with E-state index in [0.29, 0.717) is 19.0 Å². The van der Waals surface area contributed by atoms with Crippen molar-refractivity contribution in [3.05, 3.63) is 0 Å². The number of carbonyl (C=O) groups is 2. The Labute approximate surface area is 122 Å². The lowest BCUT2D eigenvalue weighted by Gasteiger charge is -2.32. The fraction of sp³-hybridized carbons (Fsp3) is 0.867. The molecule has 2 amide bonds. The van der Waals surface area contributed by atoms with E-state index in [9.17, 15) is 9.59 Å². The summed E-state index contributed by atoms with van der Waals surface area (Å²) in [5.41, 5.74) is 10.9. The second-order valence-corrected chi connectivity index (χ2v) is 5.89. The molecule has 1 saturated carbocycles. The number of nitrogens with two attached hydrogens (primary N) is 2. The Morgan fingerprint density at radius 1 is 1.30 bits per heavy atom. The zero-order chi connectivity index (χ0) is 15.0. The largest absolute Gasteiger partial charge is 0.368 e. The normalized spacial score (nSPS) is 22.5. The summed E-state index contributed by atoms with van der Waals surface area (Å²) in [7, 11) is 0. The summed E-state index contributed by atoms with van der Waals surface area (Å²) in [6.07, 6.45) is 7.01. The zero-order valence-electron chi connectivity index (χ0n) is 12.6. The molecule has 2 atom stereocenters. The van der Waals surface area contributed by atoms with Gasteiger partial charge in [0.25, 0.3) is 0 Å². The average molecular weight is 283 g/mol. The van der Waals surface area contributed by atoms with E-state index in [2.05, 4.69) is 6.92 Å². The Kier molecular flexibility index (Phi) is 7.59. The summed E-state index contributed by atoms with van der Waals surface area (Å²) in [5, 5.41) is 0. The van der Waals surface area contributed by atoms with Gasteiger partial charge in [-0.05, 0) is 38.1 Å². The van der Waals surface area contributed by atoms with Gasteiger partial charge in [0.2, 0.25) is 11.8 Å². The van der Waals surface area contributed by atoms with Gasteiger partial charge in [-0.15, -0.1) is 0 Å². The number of hydrogen-bond donors (Lipinski definition) is 2. The van der Waals surface area contributed by atoms with Gasteiger partial charge in [-0.25, -0.2) is 0 Å². The molecule has 1 rings (SSSR count). The van der Waals surface area contributed by atoms with E-state index in [1.54, 1.807) is 4.90 Å². The van der Waals surface area contributed by atoms with Crippen molar-refractivity contribution in [3.63, 3.8) is 0 Å². The van der Waals surface area contributed by atoms with E-state index in [4.69, 9.17) is 11.5 Å². The van der Waals surface area contributed by atoms with Crippen LogP contribution in [-0.4, -0.2) is 36.3 Å². The van der Waals surface area contributed by atoms with Crippen molar-refractivity contribution in [3.8, 4) is 0 Å². The molecule has 5 nitrogen and oxygen atoms in total. The van der Waals surface area contributed by atoms with Crippen LogP contribution in [0.25, 0.3) is 0 Å². The first-order chi connectivity index (χ1) is 9.58. The molecule has 1 aliphatic carbocycles. The standard InChI is InChI=1S/C15H29N3O2/c1-2-3-9-18(11-14(17)19)15(20)13-6-4-5-12(10-13)7-8-16/h12-13H,2-11,16H2,1H3,(H2,17,19). The van der Waals surface area contributed by atoms with E-state index in [-0.39, 0.29) is 18.4 Å². The van der Waals surface area contributed by atoms with Crippen molar-refractivity contribution in [2.24, 2.45) is 23.3 Å². The molecular weight excluding hydrogens is 254 g/mol. The third-order valence-electron chi connectivity index (χ3n) is 4.15. The first-order valence-corrected chi connectivity index (χ1v) is 7.85. The fourth-order valence-corrected chi connectivity index (χ4v) is 3.08. The minimum absolute atomic E-state index is 0.0523. The number of hydrogen-bond acceptors (Lipinski definition) is 3. The number of unbranched alkanes of at least 4 members (excludes halogenated alkanes) is 1. The van der Waals surface area contributed by atoms with Gasteiger partial charge >= 0.3 is 0 Å². The molecule has 0 aromatic carbocycles. The van der Waals surface area contributed by atoms with Crippen molar-refractivity contribution in [1.82, 2.24) is 4.90 Å². The molecule has 2 unspecified atom stereocenters. The van der Waals surface area contributed by atoms with Crippen molar-refractivity contribution in [2.75, 3.05) is 19.6 Å².